The number of benzene rings is 1. The third kappa shape index (κ3) is 4.46. The topological polar surface area (TPSA) is 41.6 Å². The van der Waals surface area contributed by atoms with Crippen molar-refractivity contribution in [3.05, 3.63) is 24.3 Å². The van der Waals surface area contributed by atoms with Crippen LogP contribution in [0.4, 0.5) is 5.69 Å². The molecule has 4 nitrogen and oxygen atoms in total. The summed E-state index contributed by atoms with van der Waals surface area (Å²) < 4.78 is 5.65. The lowest BCUT2D eigenvalue weighted by Crippen LogP contribution is -2.33. The van der Waals surface area contributed by atoms with Crippen LogP contribution in [0.3, 0.4) is 0 Å². The number of carbonyl (C=O) groups excluding carboxylic acids is 1. The molecule has 1 aromatic carbocycles. The van der Waals surface area contributed by atoms with Crippen LogP contribution in [0, 0.1) is 0 Å². The fraction of sp³-hybridized carbons (Fsp3) is 0.588. The van der Waals surface area contributed by atoms with Gasteiger partial charge in [-0.25, -0.2) is 0 Å². The van der Waals surface area contributed by atoms with E-state index in [9.17, 15) is 4.79 Å². The average Bonchev–Trinajstić information content (AvgIpc) is 2.65. The first kappa shape index (κ1) is 15.8. The minimum Gasteiger partial charge on any atom is -0.491 e. The van der Waals surface area contributed by atoms with Gasteiger partial charge in [0.25, 0.3) is 0 Å². The second-order valence-electron chi connectivity index (χ2n) is 5.61. The normalized spacial score (nSPS) is 16.1. The van der Waals surface area contributed by atoms with Gasteiger partial charge in [0.1, 0.15) is 5.75 Å². The number of para-hydroxylation sites is 2. The molecule has 1 amide bonds. The first-order valence-corrected chi connectivity index (χ1v) is 7.98. The minimum atomic E-state index is 0.161. The van der Waals surface area contributed by atoms with E-state index in [0.29, 0.717) is 19.1 Å². The van der Waals surface area contributed by atoms with Crippen molar-refractivity contribution in [1.29, 1.82) is 0 Å². The zero-order chi connectivity index (χ0) is 15.1. The van der Waals surface area contributed by atoms with E-state index in [2.05, 4.69) is 19.2 Å². The Bertz CT molecular complexity index is 462. The number of rotatable bonds is 7. The number of hydrogen-bond donors (Lipinski definition) is 1. The Morgan fingerprint density at radius 2 is 2.19 bits per heavy atom. The fourth-order valence-electron chi connectivity index (χ4n) is 2.61. The van der Waals surface area contributed by atoms with Crippen molar-refractivity contribution in [3.8, 4) is 5.75 Å². The maximum Gasteiger partial charge on any atom is 0.230 e. The van der Waals surface area contributed by atoms with Gasteiger partial charge in [-0.3, -0.25) is 4.79 Å². The molecule has 21 heavy (non-hydrogen) atoms. The van der Waals surface area contributed by atoms with Gasteiger partial charge in [-0.05, 0) is 44.9 Å². The van der Waals surface area contributed by atoms with E-state index < -0.39 is 0 Å². The number of nitrogens with one attached hydrogen (secondary N) is 1. The summed E-state index contributed by atoms with van der Waals surface area (Å²) in [5.74, 6) is 0.981. The first-order valence-electron chi connectivity index (χ1n) is 7.98. The molecule has 0 saturated carbocycles. The summed E-state index contributed by atoms with van der Waals surface area (Å²) >= 11 is 0. The van der Waals surface area contributed by atoms with E-state index in [1.165, 1.54) is 0 Å². The molecule has 0 aliphatic carbocycles. The highest BCUT2D eigenvalue weighted by Gasteiger charge is 2.22. The van der Waals surface area contributed by atoms with Gasteiger partial charge in [0, 0.05) is 12.6 Å². The van der Waals surface area contributed by atoms with Gasteiger partial charge < -0.3 is 15.0 Å². The Morgan fingerprint density at radius 3 is 3.00 bits per heavy atom. The molecule has 4 heteroatoms. The molecule has 2 rings (SSSR count). The van der Waals surface area contributed by atoms with Crippen molar-refractivity contribution < 1.29 is 9.53 Å². The van der Waals surface area contributed by atoms with E-state index in [1.54, 1.807) is 0 Å². The minimum absolute atomic E-state index is 0.161. The summed E-state index contributed by atoms with van der Waals surface area (Å²) in [6.45, 7) is 6.67. The molecule has 1 aromatic rings. The molecule has 1 aliphatic rings. The lowest BCUT2D eigenvalue weighted by Gasteiger charge is -2.23. The second-order valence-corrected chi connectivity index (χ2v) is 5.61. The van der Waals surface area contributed by atoms with Crippen LogP contribution in [0.15, 0.2) is 24.3 Å². The molecular weight excluding hydrogens is 264 g/mol. The summed E-state index contributed by atoms with van der Waals surface area (Å²) in [5.41, 5.74) is 0.911. The van der Waals surface area contributed by atoms with Crippen LogP contribution in [0.2, 0.25) is 0 Å². The summed E-state index contributed by atoms with van der Waals surface area (Å²) in [7, 11) is 0. The molecule has 1 aliphatic heterocycles. The molecule has 1 N–H and O–H groups in total. The van der Waals surface area contributed by atoms with Gasteiger partial charge in [-0.15, -0.1) is 0 Å². The third-order valence-corrected chi connectivity index (χ3v) is 3.79. The molecule has 1 unspecified atom stereocenters. The van der Waals surface area contributed by atoms with Gasteiger partial charge in [-0.1, -0.05) is 19.1 Å². The quantitative estimate of drug-likeness (QED) is 0.839. The Labute approximate surface area is 127 Å². The van der Waals surface area contributed by atoms with Gasteiger partial charge >= 0.3 is 0 Å². The predicted octanol–water partition coefficient (Wildman–Crippen LogP) is 2.97. The van der Waals surface area contributed by atoms with E-state index in [0.717, 1.165) is 43.8 Å². The number of amides is 1. The van der Waals surface area contributed by atoms with Crippen molar-refractivity contribution in [2.24, 2.45) is 0 Å². The third-order valence-electron chi connectivity index (χ3n) is 3.79. The average molecular weight is 290 g/mol. The highest BCUT2D eigenvalue weighted by molar-refractivity contribution is 5.95. The van der Waals surface area contributed by atoms with Gasteiger partial charge in [0.15, 0.2) is 0 Å². The Balaban J connectivity index is 1.93. The summed E-state index contributed by atoms with van der Waals surface area (Å²) in [5, 5.41) is 3.48. The standard InChI is InChI=1S/C17H26N2O2/c1-3-11-18-14(2)7-6-12-19-15-8-4-5-9-16(15)21-13-10-17(19)20/h4-5,8-9,14,18H,3,6-7,10-13H2,1-2H3. The molecule has 0 bridgehead atoms. The van der Waals surface area contributed by atoms with Crippen LogP contribution in [-0.2, 0) is 4.79 Å². The number of hydrogen-bond acceptors (Lipinski definition) is 3. The van der Waals surface area contributed by atoms with Gasteiger partial charge in [0.2, 0.25) is 5.91 Å². The zero-order valence-corrected chi connectivity index (χ0v) is 13.1. The molecule has 0 radical (unpaired) electrons. The van der Waals surface area contributed by atoms with Crippen LogP contribution < -0.4 is 15.0 Å². The van der Waals surface area contributed by atoms with Crippen LogP contribution in [0.5, 0.6) is 5.75 Å². The highest BCUT2D eigenvalue weighted by atomic mass is 16.5. The molecule has 0 aromatic heterocycles. The van der Waals surface area contributed by atoms with E-state index >= 15 is 0 Å². The SMILES string of the molecule is CCCNC(C)CCCN1C(=O)CCOc2ccccc21. The molecule has 1 heterocycles. The zero-order valence-electron chi connectivity index (χ0n) is 13.1. The van der Waals surface area contributed by atoms with Gasteiger partial charge in [-0.2, -0.15) is 0 Å². The van der Waals surface area contributed by atoms with E-state index in [1.807, 2.05) is 29.2 Å². The molecular formula is C17H26N2O2. The lowest BCUT2D eigenvalue weighted by molar-refractivity contribution is -0.118. The monoisotopic (exact) mass is 290 g/mol. The van der Waals surface area contributed by atoms with Crippen molar-refractivity contribution in [1.82, 2.24) is 5.32 Å². The van der Waals surface area contributed by atoms with Crippen molar-refractivity contribution in [2.45, 2.75) is 45.6 Å². The van der Waals surface area contributed by atoms with Crippen LogP contribution >= 0.6 is 0 Å². The predicted molar refractivity (Wildman–Crippen MR) is 85.9 cm³/mol. The molecule has 0 spiro atoms. The summed E-state index contributed by atoms with van der Waals surface area (Å²) in [6.07, 6.45) is 3.68. The van der Waals surface area contributed by atoms with Crippen molar-refractivity contribution in [3.63, 3.8) is 0 Å². The van der Waals surface area contributed by atoms with Crippen molar-refractivity contribution >= 4 is 11.6 Å². The molecule has 0 saturated heterocycles. The fourth-order valence-corrected chi connectivity index (χ4v) is 2.61. The molecule has 1 atom stereocenters. The lowest BCUT2D eigenvalue weighted by atomic mass is 10.1. The number of nitrogens with zero attached hydrogens (tertiary/aromatic N) is 1. The van der Waals surface area contributed by atoms with E-state index in [4.69, 9.17) is 4.74 Å². The molecule has 0 fully saturated rings. The maximum atomic E-state index is 12.3. The van der Waals surface area contributed by atoms with Crippen molar-refractivity contribution in [2.75, 3.05) is 24.6 Å². The van der Waals surface area contributed by atoms with E-state index in [-0.39, 0.29) is 5.91 Å². The largest absolute Gasteiger partial charge is 0.491 e. The van der Waals surface area contributed by atoms with Crippen LogP contribution in [0.25, 0.3) is 0 Å². The first-order chi connectivity index (χ1) is 10.2. The van der Waals surface area contributed by atoms with Crippen LogP contribution in [-0.4, -0.2) is 31.6 Å². The smallest absolute Gasteiger partial charge is 0.230 e. The van der Waals surface area contributed by atoms with Crippen LogP contribution in [0.1, 0.15) is 39.5 Å². The maximum absolute atomic E-state index is 12.3. The van der Waals surface area contributed by atoms with Gasteiger partial charge in [0.05, 0.1) is 18.7 Å². The Morgan fingerprint density at radius 1 is 1.38 bits per heavy atom. The second kappa shape index (κ2) is 8.03. The highest BCUT2D eigenvalue weighted by Crippen LogP contribution is 2.31. The Kier molecular flexibility index (Phi) is 6.05. The number of fused-ring (bicyclic) bond motifs is 1. The number of ether oxygens (including phenoxy) is 1. The Hall–Kier alpha value is -1.55. The summed E-state index contributed by atoms with van der Waals surface area (Å²) in [6, 6.07) is 8.31. The molecule has 116 valence electrons. The number of anilines is 1. The number of carbonyl (C=O) groups is 1. The summed E-state index contributed by atoms with van der Waals surface area (Å²) in [4.78, 5) is 14.1.